The minimum atomic E-state index is -0.856. The molecule has 2 unspecified atom stereocenters. The first-order valence-electron chi connectivity index (χ1n) is 16.6. The number of quaternary nitrogens is 1. The molecule has 0 heterocycles. The second-order valence-electron chi connectivity index (χ2n) is 13.0. The Labute approximate surface area is 237 Å². The smallest absolute Gasteiger partial charge is 0.309 e. The van der Waals surface area contributed by atoms with Gasteiger partial charge in [0.25, 0.3) is 0 Å². The van der Waals surface area contributed by atoms with Gasteiger partial charge in [-0.25, -0.2) is 0 Å². The molecule has 0 aromatic heterocycles. The molecule has 0 amide bonds. The predicted molar refractivity (Wildman–Crippen MR) is 163 cm³/mol. The van der Waals surface area contributed by atoms with Crippen LogP contribution in [0.25, 0.3) is 0 Å². The second-order valence-corrected chi connectivity index (χ2v) is 13.0. The summed E-state index contributed by atoms with van der Waals surface area (Å²) in [5.41, 5.74) is 0. The van der Waals surface area contributed by atoms with Crippen LogP contribution in [0.15, 0.2) is 0 Å². The second kappa shape index (κ2) is 26.6. The van der Waals surface area contributed by atoms with Crippen molar-refractivity contribution in [3.8, 4) is 0 Å². The zero-order chi connectivity index (χ0) is 28.3. The van der Waals surface area contributed by atoms with E-state index in [2.05, 4.69) is 0 Å². The Morgan fingerprint density at radius 1 is 0.526 bits per heavy atom. The summed E-state index contributed by atoms with van der Waals surface area (Å²) >= 11 is 0. The Hall–Kier alpha value is -0.650. The van der Waals surface area contributed by atoms with E-state index in [1.54, 1.807) is 0 Å². The number of aliphatic hydroxyl groups is 2. The van der Waals surface area contributed by atoms with E-state index in [4.69, 9.17) is 5.11 Å². The molecular weight excluding hydrogens is 474 g/mol. The number of carbonyl (C=O) groups is 1. The van der Waals surface area contributed by atoms with Gasteiger partial charge in [-0.1, -0.05) is 148 Å². The van der Waals surface area contributed by atoms with Gasteiger partial charge < -0.3 is 19.8 Å². The van der Waals surface area contributed by atoms with E-state index in [-0.39, 0.29) is 0 Å². The summed E-state index contributed by atoms with van der Waals surface area (Å²) in [6.45, 7) is 0.835. The lowest BCUT2D eigenvalue weighted by Gasteiger charge is -2.29. The number of aliphatic hydroxyl groups excluding tert-OH is 2. The van der Waals surface area contributed by atoms with Crippen molar-refractivity contribution in [1.82, 2.24) is 0 Å². The van der Waals surface area contributed by atoms with Gasteiger partial charge in [-0.15, -0.1) is 0 Å². The average Bonchev–Trinajstić information content (AvgIpc) is 2.84. The fourth-order valence-corrected chi connectivity index (χ4v) is 5.53. The van der Waals surface area contributed by atoms with E-state index >= 15 is 0 Å². The molecule has 0 aliphatic heterocycles. The Morgan fingerprint density at radius 2 is 0.789 bits per heavy atom. The molecule has 5 heteroatoms. The van der Waals surface area contributed by atoms with Crippen LogP contribution in [0.1, 0.15) is 161 Å². The molecule has 2 atom stereocenters. The fourth-order valence-electron chi connectivity index (χ4n) is 5.53. The molecule has 38 heavy (non-hydrogen) atoms. The zero-order valence-corrected chi connectivity index (χ0v) is 25.9. The normalized spacial score (nSPS) is 13.6. The van der Waals surface area contributed by atoms with Gasteiger partial charge in [-0.3, -0.25) is 4.79 Å². The highest BCUT2D eigenvalue weighted by Crippen LogP contribution is 2.19. The van der Waals surface area contributed by atoms with Crippen molar-refractivity contribution >= 4 is 5.97 Å². The van der Waals surface area contributed by atoms with Gasteiger partial charge in [0, 0.05) is 6.61 Å². The van der Waals surface area contributed by atoms with Crippen LogP contribution in [0, 0.1) is 5.92 Å². The van der Waals surface area contributed by atoms with Crippen molar-refractivity contribution in [1.29, 1.82) is 0 Å². The van der Waals surface area contributed by atoms with Crippen LogP contribution >= 0.6 is 0 Å². The van der Waals surface area contributed by atoms with Crippen LogP contribution in [0.3, 0.4) is 0 Å². The highest BCUT2D eigenvalue weighted by atomic mass is 16.4. The van der Waals surface area contributed by atoms with E-state index in [9.17, 15) is 15.0 Å². The standard InChI is InChI=1S/C33H67NO4/c1-34(2,3)30-32(36)31(33(37)38)28-26-24-22-20-18-16-14-12-10-8-6-4-5-7-9-11-13-15-17-19-21-23-25-27-29-35/h31-32,35-36H,4-30H2,1-3H3/p+1. The molecule has 3 N–H and O–H groups in total. The number of unbranched alkanes of at least 4 members (excludes halogenated alkanes) is 23. The summed E-state index contributed by atoms with van der Waals surface area (Å²) in [6.07, 6.45) is 31.4. The summed E-state index contributed by atoms with van der Waals surface area (Å²) in [4.78, 5) is 11.5. The van der Waals surface area contributed by atoms with Crippen LogP contribution < -0.4 is 0 Å². The third-order valence-electron chi connectivity index (χ3n) is 7.94. The van der Waals surface area contributed by atoms with Crippen molar-refractivity contribution in [3.05, 3.63) is 0 Å². The van der Waals surface area contributed by atoms with Gasteiger partial charge in [0.1, 0.15) is 12.6 Å². The first-order valence-corrected chi connectivity index (χ1v) is 16.6. The number of carboxylic acid groups (broad SMARTS) is 1. The van der Waals surface area contributed by atoms with Crippen LogP contribution in [0.5, 0.6) is 0 Å². The van der Waals surface area contributed by atoms with Crippen molar-refractivity contribution in [3.63, 3.8) is 0 Å². The molecule has 5 nitrogen and oxygen atoms in total. The first kappa shape index (κ1) is 37.4. The van der Waals surface area contributed by atoms with E-state index in [0.29, 0.717) is 24.1 Å². The lowest BCUT2D eigenvalue weighted by Crippen LogP contribution is -2.45. The number of hydrogen-bond acceptors (Lipinski definition) is 3. The van der Waals surface area contributed by atoms with Crippen molar-refractivity contribution in [2.45, 2.75) is 167 Å². The lowest BCUT2D eigenvalue weighted by atomic mass is 9.94. The topological polar surface area (TPSA) is 77.8 Å². The summed E-state index contributed by atoms with van der Waals surface area (Å²) in [6, 6.07) is 0. The summed E-state index contributed by atoms with van der Waals surface area (Å²) in [5, 5.41) is 28.5. The molecule has 0 aliphatic carbocycles. The van der Waals surface area contributed by atoms with Gasteiger partial charge in [0.05, 0.1) is 27.1 Å². The van der Waals surface area contributed by atoms with E-state index in [1.807, 2.05) is 21.1 Å². The molecule has 0 aromatic carbocycles. The maximum atomic E-state index is 11.5. The van der Waals surface area contributed by atoms with E-state index in [1.165, 1.54) is 135 Å². The fraction of sp³-hybridized carbons (Fsp3) is 0.970. The number of likely N-dealkylation sites (N-methyl/N-ethyl adjacent to an activating group) is 1. The van der Waals surface area contributed by atoms with Crippen LogP contribution in [-0.4, -0.2) is 66.2 Å². The van der Waals surface area contributed by atoms with Crippen LogP contribution in [-0.2, 0) is 4.79 Å². The third kappa shape index (κ3) is 26.9. The summed E-state index contributed by atoms with van der Waals surface area (Å²) in [5.74, 6) is -1.49. The van der Waals surface area contributed by atoms with Crippen molar-refractivity contribution in [2.75, 3.05) is 34.3 Å². The molecular formula is C33H68NO4+. The van der Waals surface area contributed by atoms with Gasteiger partial charge in [-0.05, 0) is 12.8 Å². The van der Waals surface area contributed by atoms with Gasteiger partial charge >= 0.3 is 5.97 Å². The Kier molecular flexibility index (Phi) is 26.1. The molecule has 0 saturated heterocycles. The average molecular weight is 543 g/mol. The number of aliphatic carboxylic acids is 1. The molecule has 0 saturated carbocycles. The molecule has 0 aromatic rings. The minimum Gasteiger partial charge on any atom is -0.481 e. The monoisotopic (exact) mass is 543 g/mol. The quantitative estimate of drug-likeness (QED) is 0.0628. The highest BCUT2D eigenvalue weighted by Gasteiger charge is 2.30. The van der Waals surface area contributed by atoms with Crippen LogP contribution in [0.4, 0.5) is 0 Å². The lowest BCUT2D eigenvalue weighted by molar-refractivity contribution is -0.874. The van der Waals surface area contributed by atoms with E-state index < -0.39 is 18.0 Å². The molecule has 0 fully saturated rings. The molecule has 0 spiro atoms. The molecule has 0 bridgehead atoms. The number of rotatable bonds is 30. The van der Waals surface area contributed by atoms with Gasteiger partial charge in [0.2, 0.25) is 0 Å². The Bertz CT molecular complexity index is 506. The summed E-state index contributed by atoms with van der Waals surface area (Å²) < 4.78 is 0.584. The SMILES string of the molecule is C[N+](C)(C)CC(O)C(CCCCCCCCCCCCCCCCCCCCCCCCCCO)C(=O)O. The Balaban J connectivity index is 3.32. The largest absolute Gasteiger partial charge is 0.481 e. The minimum absolute atomic E-state index is 0.356. The van der Waals surface area contributed by atoms with Gasteiger partial charge in [0.15, 0.2) is 0 Å². The molecule has 0 radical (unpaired) electrons. The first-order chi connectivity index (χ1) is 18.3. The molecule has 0 rings (SSSR count). The number of carboxylic acids is 1. The van der Waals surface area contributed by atoms with Crippen molar-refractivity contribution < 1.29 is 24.6 Å². The Morgan fingerprint density at radius 3 is 1.03 bits per heavy atom. The highest BCUT2D eigenvalue weighted by molar-refractivity contribution is 5.70. The van der Waals surface area contributed by atoms with E-state index in [0.717, 1.165) is 19.3 Å². The predicted octanol–water partition coefficient (Wildman–Crippen LogP) is 8.50. The zero-order valence-electron chi connectivity index (χ0n) is 25.9. The summed E-state index contributed by atoms with van der Waals surface area (Å²) in [7, 11) is 5.96. The third-order valence-corrected chi connectivity index (χ3v) is 7.94. The number of nitrogens with zero attached hydrogens (tertiary/aromatic N) is 1. The molecule has 0 aliphatic rings. The van der Waals surface area contributed by atoms with Crippen LogP contribution in [0.2, 0.25) is 0 Å². The van der Waals surface area contributed by atoms with Crippen molar-refractivity contribution in [2.24, 2.45) is 5.92 Å². The maximum Gasteiger partial charge on any atom is 0.309 e. The van der Waals surface area contributed by atoms with Gasteiger partial charge in [-0.2, -0.15) is 0 Å². The number of hydrogen-bond donors (Lipinski definition) is 3. The molecule has 228 valence electrons. The maximum absolute atomic E-state index is 11.5.